The Kier molecular flexibility index (Phi) is 4.76. The largest absolute Gasteiger partial charge is 0.333 e. The van der Waals surface area contributed by atoms with Gasteiger partial charge in [-0.05, 0) is 34.5 Å². The zero-order valence-corrected chi connectivity index (χ0v) is 14.1. The predicted molar refractivity (Wildman–Crippen MR) is 93.3 cm³/mol. The van der Waals surface area contributed by atoms with Gasteiger partial charge < -0.3 is 10.2 Å². The van der Waals surface area contributed by atoms with Crippen molar-refractivity contribution in [3.05, 3.63) is 65.0 Å². The van der Waals surface area contributed by atoms with E-state index in [2.05, 4.69) is 5.32 Å². The second-order valence-corrected chi connectivity index (χ2v) is 6.39. The number of nitrogens with one attached hydrogen (secondary N) is 1. The van der Waals surface area contributed by atoms with E-state index in [0.29, 0.717) is 0 Å². The van der Waals surface area contributed by atoms with Gasteiger partial charge in [-0.3, -0.25) is 9.59 Å². The molecule has 7 heteroatoms. The Labute approximate surface area is 146 Å². The molecule has 0 saturated heterocycles. The Hall–Kier alpha value is -2.80. The molecule has 128 valence electrons. The smallest absolute Gasteiger partial charge is 0.313 e. The Balaban J connectivity index is 1.71. The second kappa shape index (κ2) is 6.98. The molecule has 1 aromatic heterocycles. The maximum absolute atomic E-state index is 13.6. The summed E-state index contributed by atoms with van der Waals surface area (Å²) in [4.78, 5) is 25.5. The summed E-state index contributed by atoms with van der Waals surface area (Å²) < 4.78 is 27.8. The average molecular weight is 360 g/mol. The van der Waals surface area contributed by atoms with Crippen molar-refractivity contribution in [3.8, 4) is 0 Å². The summed E-state index contributed by atoms with van der Waals surface area (Å²) in [6.07, 6.45) is 0. The first-order valence-electron chi connectivity index (χ1n) is 7.43. The van der Waals surface area contributed by atoms with Crippen molar-refractivity contribution in [3.63, 3.8) is 0 Å². The number of anilines is 1. The number of halogens is 2. The fourth-order valence-corrected chi connectivity index (χ4v) is 3.39. The summed E-state index contributed by atoms with van der Waals surface area (Å²) >= 11 is 1.55. The lowest BCUT2D eigenvalue weighted by Gasteiger charge is -2.16. The number of fused-ring (bicyclic) bond motifs is 1. The van der Waals surface area contributed by atoms with E-state index >= 15 is 0 Å². The normalized spacial score (nSPS) is 10.7. The first kappa shape index (κ1) is 17.0. The highest BCUT2D eigenvalue weighted by molar-refractivity contribution is 7.17. The van der Waals surface area contributed by atoms with Crippen LogP contribution in [0.25, 0.3) is 10.1 Å². The van der Waals surface area contributed by atoms with Crippen LogP contribution in [-0.2, 0) is 16.1 Å². The van der Waals surface area contributed by atoms with Crippen LogP contribution in [0.15, 0.2) is 47.8 Å². The summed E-state index contributed by atoms with van der Waals surface area (Å²) in [5, 5.41) is 5.05. The van der Waals surface area contributed by atoms with Crippen LogP contribution in [0.5, 0.6) is 0 Å². The number of nitrogens with zero attached hydrogens (tertiary/aromatic N) is 1. The maximum Gasteiger partial charge on any atom is 0.313 e. The van der Waals surface area contributed by atoms with E-state index in [4.69, 9.17) is 0 Å². The number of amides is 2. The molecule has 0 fully saturated rings. The highest BCUT2D eigenvalue weighted by Gasteiger charge is 2.21. The number of rotatable bonds is 3. The zero-order valence-electron chi connectivity index (χ0n) is 13.3. The summed E-state index contributed by atoms with van der Waals surface area (Å²) in [5.74, 6) is -4.15. The topological polar surface area (TPSA) is 49.4 Å². The number of thiophene rings is 1. The fraction of sp³-hybridized carbons (Fsp3) is 0.111. The van der Waals surface area contributed by atoms with Crippen LogP contribution in [0.3, 0.4) is 0 Å². The predicted octanol–water partition coefficient (Wildman–Crippen LogP) is 3.78. The van der Waals surface area contributed by atoms with Gasteiger partial charge in [-0.15, -0.1) is 11.3 Å². The summed E-state index contributed by atoms with van der Waals surface area (Å²) in [5.41, 5.74) is 0.550. The number of hydrogen-bond acceptors (Lipinski definition) is 3. The highest BCUT2D eigenvalue weighted by Crippen LogP contribution is 2.26. The molecular formula is C18H14F2N2O2S. The highest BCUT2D eigenvalue weighted by atomic mass is 32.1. The SMILES string of the molecule is CN(Cc1csc2ccccc12)C(=O)C(=O)Nc1cccc(F)c1F. The quantitative estimate of drug-likeness (QED) is 0.723. The van der Waals surface area contributed by atoms with Crippen LogP contribution in [0, 0.1) is 11.6 Å². The first-order valence-corrected chi connectivity index (χ1v) is 8.31. The summed E-state index contributed by atoms with van der Waals surface area (Å²) in [7, 11) is 1.48. The van der Waals surface area contributed by atoms with Crippen molar-refractivity contribution in [1.82, 2.24) is 4.90 Å². The molecule has 1 heterocycles. The van der Waals surface area contributed by atoms with Gasteiger partial charge in [0.2, 0.25) is 0 Å². The number of likely N-dealkylation sites (N-methyl/N-ethyl adjacent to an activating group) is 1. The molecule has 0 atom stereocenters. The molecule has 0 saturated carbocycles. The molecule has 0 unspecified atom stereocenters. The van der Waals surface area contributed by atoms with Gasteiger partial charge in [-0.25, -0.2) is 8.78 Å². The summed E-state index contributed by atoms with van der Waals surface area (Å²) in [6, 6.07) is 11.1. The van der Waals surface area contributed by atoms with Crippen LogP contribution in [-0.4, -0.2) is 23.8 Å². The summed E-state index contributed by atoms with van der Waals surface area (Å²) in [6.45, 7) is 0.238. The molecular weight excluding hydrogens is 346 g/mol. The van der Waals surface area contributed by atoms with Crippen LogP contribution in [0.4, 0.5) is 14.5 Å². The monoisotopic (exact) mass is 360 g/mol. The third-order valence-electron chi connectivity index (χ3n) is 3.71. The molecule has 3 aromatic rings. The average Bonchev–Trinajstić information content (AvgIpc) is 3.01. The van der Waals surface area contributed by atoms with Gasteiger partial charge in [0, 0.05) is 18.3 Å². The molecule has 4 nitrogen and oxygen atoms in total. The third kappa shape index (κ3) is 3.51. The van der Waals surface area contributed by atoms with Crippen molar-refractivity contribution < 1.29 is 18.4 Å². The van der Waals surface area contributed by atoms with Crippen molar-refractivity contribution in [1.29, 1.82) is 0 Å². The number of carbonyl (C=O) groups excluding carboxylic acids is 2. The second-order valence-electron chi connectivity index (χ2n) is 5.47. The van der Waals surface area contributed by atoms with Gasteiger partial charge >= 0.3 is 11.8 Å². The standard InChI is InChI=1S/C18H14F2N2O2S/c1-22(9-11-10-25-15-8-3-2-5-12(11)15)18(24)17(23)21-14-7-4-6-13(19)16(14)20/h2-8,10H,9H2,1H3,(H,21,23). The van der Waals surface area contributed by atoms with Gasteiger partial charge in [0.15, 0.2) is 11.6 Å². The van der Waals surface area contributed by atoms with Gasteiger partial charge in [0.25, 0.3) is 0 Å². The molecule has 1 N–H and O–H groups in total. The number of benzene rings is 2. The molecule has 0 aliphatic heterocycles. The van der Waals surface area contributed by atoms with Crippen LogP contribution in [0.2, 0.25) is 0 Å². The molecule has 2 amide bonds. The Morgan fingerprint density at radius 2 is 1.88 bits per heavy atom. The minimum atomic E-state index is -1.20. The molecule has 0 spiro atoms. The number of hydrogen-bond donors (Lipinski definition) is 1. The van der Waals surface area contributed by atoms with Crippen LogP contribution >= 0.6 is 11.3 Å². The van der Waals surface area contributed by atoms with Crippen LogP contribution in [0.1, 0.15) is 5.56 Å². The lowest BCUT2D eigenvalue weighted by atomic mass is 10.1. The van der Waals surface area contributed by atoms with Crippen molar-refractivity contribution in [2.24, 2.45) is 0 Å². The van der Waals surface area contributed by atoms with E-state index in [1.165, 1.54) is 24.1 Å². The number of carbonyl (C=O) groups is 2. The molecule has 3 rings (SSSR count). The van der Waals surface area contributed by atoms with E-state index < -0.39 is 23.4 Å². The van der Waals surface area contributed by atoms with E-state index in [1.54, 1.807) is 11.3 Å². The lowest BCUT2D eigenvalue weighted by molar-refractivity contribution is -0.142. The van der Waals surface area contributed by atoms with E-state index in [-0.39, 0.29) is 12.2 Å². The molecule has 0 aliphatic carbocycles. The molecule has 0 radical (unpaired) electrons. The lowest BCUT2D eigenvalue weighted by Crippen LogP contribution is -2.36. The molecule has 0 aliphatic rings. The van der Waals surface area contributed by atoms with Gasteiger partial charge in [-0.1, -0.05) is 24.3 Å². The van der Waals surface area contributed by atoms with E-state index in [1.807, 2.05) is 29.6 Å². The zero-order chi connectivity index (χ0) is 18.0. The first-order chi connectivity index (χ1) is 12.0. The minimum Gasteiger partial charge on any atom is -0.333 e. The molecule has 2 aromatic carbocycles. The molecule has 0 bridgehead atoms. The van der Waals surface area contributed by atoms with Crippen LogP contribution < -0.4 is 5.32 Å². The van der Waals surface area contributed by atoms with E-state index in [0.717, 1.165) is 21.7 Å². The third-order valence-corrected chi connectivity index (χ3v) is 4.72. The fourth-order valence-electron chi connectivity index (χ4n) is 2.43. The molecule has 25 heavy (non-hydrogen) atoms. The Morgan fingerprint density at radius 3 is 2.68 bits per heavy atom. The van der Waals surface area contributed by atoms with Crippen molar-refractivity contribution >= 4 is 38.9 Å². The van der Waals surface area contributed by atoms with Gasteiger partial charge in [0.1, 0.15) is 0 Å². The van der Waals surface area contributed by atoms with Gasteiger partial charge in [-0.2, -0.15) is 0 Å². The van der Waals surface area contributed by atoms with E-state index in [9.17, 15) is 18.4 Å². The van der Waals surface area contributed by atoms with Crippen molar-refractivity contribution in [2.75, 3.05) is 12.4 Å². The van der Waals surface area contributed by atoms with Gasteiger partial charge in [0.05, 0.1) is 5.69 Å². The Morgan fingerprint density at radius 1 is 1.12 bits per heavy atom. The Bertz CT molecular complexity index is 955. The maximum atomic E-state index is 13.6. The minimum absolute atomic E-state index is 0.238. The van der Waals surface area contributed by atoms with Crippen molar-refractivity contribution in [2.45, 2.75) is 6.54 Å².